The fourth-order valence-electron chi connectivity index (χ4n) is 1.85. The standard InChI is InChI=1S/C12H28N2O2S/c1-5-11-17(15,16)13-12(4)9-8-10-14(6-2)7-3/h12-13H,5-11H2,1-4H3. The van der Waals surface area contributed by atoms with Gasteiger partial charge in [0.05, 0.1) is 5.75 Å². The van der Waals surface area contributed by atoms with Crippen molar-refractivity contribution in [1.29, 1.82) is 0 Å². The van der Waals surface area contributed by atoms with Crippen LogP contribution < -0.4 is 4.72 Å². The molecule has 0 bridgehead atoms. The number of nitrogens with one attached hydrogen (secondary N) is 1. The molecular formula is C12H28N2O2S. The maximum Gasteiger partial charge on any atom is 0.211 e. The lowest BCUT2D eigenvalue weighted by molar-refractivity contribution is 0.293. The topological polar surface area (TPSA) is 49.4 Å². The molecule has 5 heteroatoms. The molecule has 1 N–H and O–H groups in total. The van der Waals surface area contributed by atoms with Crippen LogP contribution in [0.4, 0.5) is 0 Å². The van der Waals surface area contributed by atoms with Gasteiger partial charge in [-0.25, -0.2) is 13.1 Å². The summed E-state index contributed by atoms with van der Waals surface area (Å²) in [6, 6.07) is 0.0436. The van der Waals surface area contributed by atoms with Crippen molar-refractivity contribution in [2.75, 3.05) is 25.4 Å². The average Bonchev–Trinajstić information content (AvgIpc) is 2.23. The zero-order chi connectivity index (χ0) is 13.3. The molecule has 1 atom stereocenters. The molecule has 0 aromatic rings. The first-order valence-corrected chi connectivity index (χ1v) is 8.32. The molecule has 4 nitrogen and oxygen atoms in total. The van der Waals surface area contributed by atoms with Crippen molar-refractivity contribution in [3.05, 3.63) is 0 Å². The van der Waals surface area contributed by atoms with Crippen molar-refractivity contribution in [2.24, 2.45) is 0 Å². The summed E-state index contributed by atoms with van der Waals surface area (Å²) in [5, 5.41) is 0. The van der Waals surface area contributed by atoms with Gasteiger partial charge >= 0.3 is 0 Å². The van der Waals surface area contributed by atoms with Crippen LogP contribution in [0.2, 0.25) is 0 Å². The van der Waals surface area contributed by atoms with E-state index in [0.29, 0.717) is 6.42 Å². The number of hydrogen-bond acceptors (Lipinski definition) is 3. The van der Waals surface area contributed by atoms with Crippen LogP contribution in [0.5, 0.6) is 0 Å². The van der Waals surface area contributed by atoms with Crippen LogP contribution in [0.15, 0.2) is 0 Å². The second-order valence-corrected chi connectivity index (χ2v) is 6.38. The second kappa shape index (κ2) is 8.89. The highest BCUT2D eigenvalue weighted by Gasteiger charge is 2.13. The van der Waals surface area contributed by atoms with Crippen LogP contribution in [0.25, 0.3) is 0 Å². The Bertz CT molecular complexity index is 274. The molecule has 0 aromatic carbocycles. The van der Waals surface area contributed by atoms with Gasteiger partial charge in [0.1, 0.15) is 0 Å². The van der Waals surface area contributed by atoms with Gasteiger partial charge in [-0.05, 0) is 45.8 Å². The Balaban J connectivity index is 3.83. The van der Waals surface area contributed by atoms with Gasteiger partial charge < -0.3 is 4.90 Å². The Kier molecular flexibility index (Phi) is 8.82. The monoisotopic (exact) mass is 264 g/mol. The number of sulfonamides is 1. The van der Waals surface area contributed by atoms with E-state index in [1.54, 1.807) is 0 Å². The molecule has 1 unspecified atom stereocenters. The molecule has 0 fully saturated rings. The molecule has 0 rings (SSSR count). The van der Waals surface area contributed by atoms with Crippen LogP contribution in [-0.4, -0.2) is 44.7 Å². The second-order valence-electron chi connectivity index (χ2n) is 4.51. The van der Waals surface area contributed by atoms with Crippen molar-refractivity contribution in [2.45, 2.75) is 53.0 Å². The van der Waals surface area contributed by atoms with Gasteiger partial charge in [0, 0.05) is 6.04 Å². The third kappa shape index (κ3) is 8.57. The summed E-state index contributed by atoms with van der Waals surface area (Å²) >= 11 is 0. The molecule has 0 aliphatic carbocycles. The van der Waals surface area contributed by atoms with Gasteiger partial charge in [-0.2, -0.15) is 0 Å². The molecule has 0 radical (unpaired) electrons. The summed E-state index contributed by atoms with van der Waals surface area (Å²) < 4.78 is 25.8. The fourth-order valence-corrected chi connectivity index (χ4v) is 3.24. The Morgan fingerprint density at radius 2 is 1.76 bits per heavy atom. The summed E-state index contributed by atoms with van der Waals surface area (Å²) in [6.45, 7) is 11.3. The summed E-state index contributed by atoms with van der Waals surface area (Å²) in [4.78, 5) is 2.35. The largest absolute Gasteiger partial charge is 0.304 e. The zero-order valence-electron chi connectivity index (χ0n) is 11.7. The van der Waals surface area contributed by atoms with Crippen molar-refractivity contribution < 1.29 is 8.42 Å². The third-order valence-corrected chi connectivity index (χ3v) is 4.57. The van der Waals surface area contributed by atoms with Crippen LogP contribution >= 0.6 is 0 Å². The minimum absolute atomic E-state index is 0.0436. The lowest BCUT2D eigenvalue weighted by Crippen LogP contribution is -2.35. The first-order chi connectivity index (χ1) is 7.95. The highest BCUT2D eigenvalue weighted by Crippen LogP contribution is 2.02. The van der Waals surface area contributed by atoms with E-state index >= 15 is 0 Å². The molecule has 0 saturated carbocycles. The normalized spacial score (nSPS) is 14.2. The lowest BCUT2D eigenvalue weighted by atomic mass is 10.2. The Morgan fingerprint density at radius 1 is 1.18 bits per heavy atom. The smallest absolute Gasteiger partial charge is 0.211 e. The van der Waals surface area contributed by atoms with Crippen LogP contribution in [0.3, 0.4) is 0 Å². The molecule has 0 spiro atoms. The molecule has 0 aliphatic rings. The van der Waals surface area contributed by atoms with E-state index in [1.807, 2.05) is 13.8 Å². The Hall–Kier alpha value is -0.130. The molecule has 104 valence electrons. The molecule has 0 heterocycles. The van der Waals surface area contributed by atoms with E-state index in [0.717, 1.165) is 32.5 Å². The van der Waals surface area contributed by atoms with Gasteiger partial charge in [0.25, 0.3) is 0 Å². The highest BCUT2D eigenvalue weighted by atomic mass is 32.2. The highest BCUT2D eigenvalue weighted by molar-refractivity contribution is 7.89. The molecule has 0 aliphatic heterocycles. The van der Waals surface area contributed by atoms with E-state index in [-0.39, 0.29) is 11.8 Å². The van der Waals surface area contributed by atoms with Crippen molar-refractivity contribution in [3.63, 3.8) is 0 Å². The van der Waals surface area contributed by atoms with Crippen LogP contribution in [-0.2, 0) is 10.0 Å². The minimum atomic E-state index is -3.06. The predicted molar refractivity (Wildman–Crippen MR) is 73.7 cm³/mol. The van der Waals surface area contributed by atoms with E-state index in [4.69, 9.17) is 0 Å². The Labute approximate surface area is 107 Å². The molecule has 0 saturated heterocycles. The molecular weight excluding hydrogens is 236 g/mol. The van der Waals surface area contributed by atoms with Gasteiger partial charge in [0.15, 0.2) is 0 Å². The summed E-state index contributed by atoms with van der Waals surface area (Å²) in [5.74, 6) is 0.230. The summed E-state index contributed by atoms with van der Waals surface area (Å²) in [6.07, 6.45) is 2.61. The van der Waals surface area contributed by atoms with Gasteiger partial charge in [0.2, 0.25) is 10.0 Å². The van der Waals surface area contributed by atoms with E-state index < -0.39 is 10.0 Å². The van der Waals surface area contributed by atoms with Gasteiger partial charge in [-0.3, -0.25) is 0 Å². The third-order valence-electron chi connectivity index (χ3n) is 2.86. The molecule has 0 aromatic heterocycles. The summed E-state index contributed by atoms with van der Waals surface area (Å²) in [7, 11) is -3.06. The van der Waals surface area contributed by atoms with Gasteiger partial charge in [-0.1, -0.05) is 20.8 Å². The maximum absolute atomic E-state index is 11.5. The van der Waals surface area contributed by atoms with Crippen molar-refractivity contribution in [3.8, 4) is 0 Å². The average molecular weight is 264 g/mol. The lowest BCUT2D eigenvalue weighted by Gasteiger charge is -2.19. The van der Waals surface area contributed by atoms with Gasteiger partial charge in [-0.15, -0.1) is 0 Å². The summed E-state index contributed by atoms with van der Waals surface area (Å²) in [5.41, 5.74) is 0. The quantitative estimate of drug-likeness (QED) is 0.655. The molecule has 0 amide bonds. The van der Waals surface area contributed by atoms with E-state index in [9.17, 15) is 8.42 Å². The van der Waals surface area contributed by atoms with E-state index in [1.165, 1.54) is 0 Å². The first-order valence-electron chi connectivity index (χ1n) is 6.67. The fraction of sp³-hybridized carbons (Fsp3) is 1.00. The van der Waals surface area contributed by atoms with Crippen molar-refractivity contribution in [1.82, 2.24) is 9.62 Å². The predicted octanol–water partition coefficient (Wildman–Crippen LogP) is 1.83. The van der Waals surface area contributed by atoms with Crippen molar-refractivity contribution >= 4 is 10.0 Å². The minimum Gasteiger partial charge on any atom is -0.304 e. The zero-order valence-corrected chi connectivity index (χ0v) is 12.5. The maximum atomic E-state index is 11.5. The van der Waals surface area contributed by atoms with E-state index in [2.05, 4.69) is 23.5 Å². The van der Waals surface area contributed by atoms with Crippen LogP contribution in [0.1, 0.15) is 47.0 Å². The SMILES string of the molecule is CCCS(=O)(=O)NC(C)CCCN(CC)CC. The Morgan fingerprint density at radius 3 is 2.24 bits per heavy atom. The first kappa shape index (κ1) is 16.9. The van der Waals surface area contributed by atoms with Crippen LogP contribution in [0, 0.1) is 0 Å². The number of nitrogens with zero attached hydrogens (tertiary/aromatic N) is 1. The number of hydrogen-bond donors (Lipinski definition) is 1. The number of rotatable bonds is 10. The molecule has 17 heavy (non-hydrogen) atoms.